The van der Waals surface area contributed by atoms with Crippen LogP contribution in [-0.2, 0) is 0 Å². The lowest BCUT2D eigenvalue weighted by Gasteiger charge is -2.08. The summed E-state index contributed by atoms with van der Waals surface area (Å²) in [6.45, 7) is 0. The number of benzene rings is 2. The van der Waals surface area contributed by atoms with Crippen molar-refractivity contribution in [3.63, 3.8) is 0 Å². The largest absolute Gasteiger partial charge is 0.399 e. The molecule has 0 aliphatic rings. The van der Waals surface area contributed by atoms with E-state index in [2.05, 4.69) is 31.5 Å². The van der Waals surface area contributed by atoms with Crippen LogP contribution < -0.4 is 11.5 Å². The van der Waals surface area contributed by atoms with Crippen LogP contribution in [0.15, 0.2) is 40.9 Å². The van der Waals surface area contributed by atoms with Crippen molar-refractivity contribution in [1.29, 1.82) is 0 Å². The molecule has 0 bridgehead atoms. The molecule has 0 aliphatic heterocycles. The third-order valence-electron chi connectivity index (χ3n) is 2.93. The van der Waals surface area contributed by atoms with Gasteiger partial charge in [0.2, 0.25) is 0 Å². The lowest BCUT2D eigenvalue weighted by molar-refractivity contribution is 0.791. The summed E-state index contributed by atoms with van der Waals surface area (Å²) in [4.78, 5) is 0. The van der Waals surface area contributed by atoms with Crippen LogP contribution in [0.4, 0.5) is 11.4 Å². The van der Waals surface area contributed by atoms with Crippen molar-refractivity contribution in [2.45, 2.75) is 0 Å². The molecule has 2 aromatic carbocycles. The van der Waals surface area contributed by atoms with Crippen LogP contribution in [0.5, 0.6) is 0 Å². The van der Waals surface area contributed by atoms with Crippen molar-refractivity contribution < 1.29 is 0 Å². The van der Waals surface area contributed by atoms with Gasteiger partial charge >= 0.3 is 0 Å². The molecular weight excluding hydrogens is 356 g/mol. The van der Waals surface area contributed by atoms with Gasteiger partial charge in [0, 0.05) is 21.4 Å². The molecule has 0 atom stereocenters. The maximum atomic E-state index is 6.11. The smallest absolute Gasteiger partial charge is 0.189 e. The zero-order valence-corrected chi connectivity index (χ0v) is 13.0. The van der Waals surface area contributed by atoms with Gasteiger partial charge in [0.05, 0.1) is 10.7 Å². The molecule has 0 radical (unpaired) electrons. The van der Waals surface area contributed by atoms with Crippen LogP contribution in [0.25, 0.3) is 17.1 Å². The Hall–Kier alpha value is -2.12. The minimum atomic E-state index is 0.509. The average molecular weight is 366 g/mol. The number of hydrogen-bond acceptors (Lipinski definition) is 5. The maximum Gasteiger partial charge on any atom is 0.189 e. The highest BCUT2D eigenvalue weighted by atomic mass is 79.9. The molecule has 4 N–H and O–H groups in total. The molecule has 0 spiro atoms. The molecule has 0 unspecified atom stereocenters. The summed E-state index contributed by atoms with van der Waals surface area (Å²) in [6, 6.07) is 10.6. The molecule has 0 amide bonds. The number of nitrogens with zero attached hydrogens (tertiary/aromatic N) is 4. The summed E-state index contributed by atoms with van der Waals surface area (Å²) < 4.78 is 2.37. The summed E-state index contributed by atoms with van der Waals surface area (Å²) in [5.41, 5.74) is 14.2. The first-order valence-electron chi connectivity index (χ1n) is 5.95. The van der Waals surface area contributed by atoms with Gasteiger partial charge in [0.25, 0.3) is 0 Å². The van der Waals surface area contributed by atoms with Gasteiger partial charge in [-0.05, 0) is 62.8 Å². The fraction of sp³-hybridized carbons (Fsp3) is 0. The SMILES string of the molecule is Nc1ccc(-c2nnnn2-c2ccc(Br)c(Cl)c2)c(N)c1. The van der Waals surface area contributed by atoms with Gasteiger partial charge in [-0.15, -0.1) is 5.10 Å². The number of nitrogen functional groups attached to an aromatic ring is 2. The topological polar surface area (TPSA) is 95.6 Å². The Morgan fingerprint density at radius 1 is 1.10 bits per heavy atom. The van der Waals surface area contributed by atoms with Gasteiger partial charge < -0.3 is 11.5 Å². The number of hydrogen-bond donors (Lipinski definition) is 2. The van der Waals surface area contributed by atoms with Crippen LogP contribution in [0.3, 0.4) is 0 Å². The second-order valence-electron chi connectivity index (χ2n) is 4.36. The lowest BCUT2D eigenvalue weighted by Crippen LogP contribution is -2.02. The van der Waals surface area contributed by atoms with Crippen LogP contribution in [0.1, 0.15) is 0 Å². The number of anilines is 2. The van der Waals surface area contributed by atoms with Crippen LogP contribution in [-0.4, -0.2) is 20.2 Å². The minimum absolute atomic E-state index is 0.509. The average Bonchev–Trinajstić information content (AvgIpc) is 2.91. The first-order chi connectivity index (χ1) is 10.1. The summed E-state index contributed by atoms with van der Waals surface area (Å²) in [6.07, 6.45) is 0. The Bertz CT molecular complexity index is 816. The normalized spacial score (nSPS) is 10.8. The number of aromatic nitrogens is 4. The molecule has 1 heterocycles. The van der Waals surface area contributed by atoms with E-state index >= 15 is 0 Å². The highest BCUT2D eigenvalue weighted by Gasteiger charge is 2.14. The van der Waals surface area contributed by atoms with Crippen molar-refractivity contribution >= 4 is 38.9 Å². The van der Waals surface area contributed by atoms with E-state index in [0.717, 1.165) is 10.2 Å². The predicted molar refractivity (Wildman–Crippen MR) is 86.1 cm³/mol. The summed E-state index contributed by atoms with van der Waals surface area (Å²) in [7, 11) is 0. The van der Waals surface area contributed by atoms with Gasteiger partial charge in [0.15, 0.2) is 5.82 Å². The van der Waals surface area contributed by atoms with Crippen molar-refractivity contribution in [3.8, 4) is 17.1 Å². The monoisotopic (exact) mass is 364 g/mol. The molecule has 6 nitrogen and oxygen atoms in total. The Morgan fingerprint density at radius 2 is 1.90 bits per heavy atom. The predicted octanol–water partition coefficient (Wildman–Crippen LogP) is 2.91. The first kappa shape index (κ1) is 13.8. The Balaban J connectivity index is 2.14. The van der Waals surface area contributed by atoms with Crippen molar-refractivity contribution in [1.82, 2.24) is 20.2 Å². The summed E-state index contributed by atoms with van der Waals surface area (Å²) in [5, 5.41) is 12.3. The van der Waals surface area contributed by atoms with E-state index in [4.69, 9.17) is 23.1 Å². The number of nitrogens with two attached hydrogens (primary N) is 2. The van der Waals surface area contributed by atoms with Crippen molar-refractivity contribution in [3.05, 3.63) is 45.9 Å². The molecule has 3 rings (SSSR count). The molecule has 106 valence electrons. The van der Waals surface area contributed by atoms with Crippen LogP contribution in [0, 0.1) is 0 Å². The minimum Gasteiger partial charge on any atom is -0.399 e. The molecule has 21 heavy (non-hydrogen) atoms. The zero-order valence-electron chi connectivity index (χ0n) is 10.7. The fourth-order valence-corrected chi connectivity index (χ4v) is 2.35. The molecule has 3 aromatic rings. The van der Waals surface area contributed by atoms with E-state index in [9.17, 15) is 0 Å². The van der Waals surface area contributed by atoms with E-state index in [-0.39, 0.29) is 0 Å². The fourth-order valence-electron chi connectivity index (χ4n) is 1.93. The lowest BCUT2D eigenvalue weighted by atomic mass is 10.1. The van der Waals surface area contributed by atoms with E-state index in [1.165, 1.54) is 0 Å². The van der Waals surface area contributed by atoms with Gasteiger partial charge in [-0.2, -0.15) is 4.68 Å². The highest BCUT2D eigenvalue weighted by Crippen LogP contribution is 2.29. The molecule has 1 aromatic heterocycles. The Labute approximate surface area is 133 Å². The van der Waals surface area contributed by atoms with Gasteiger partial charge in [0.1, 0.15) is 0 Å². The summed E-state index contributed by atoms with van der Waals surface area (Å²) >= 11 is 9.46. The second-order valence-corrected chi connectivity index (χ2v) is 5.62. The Morgan fingerprint density at radius 3 is 2.62 bits per heavy atom. The standard InChI is InChI=1S/C13H10BrClN6/c14-10-4-2-8(6-11(10)15)21-13(18-19-20-21)9-3-1-7(16)5-12(9)17/h1-6H,16-17H2. The third kappa shape index (κ3) is 2.57. The van der Waals surface area contributed by atoms with Crippen molar-refractivity contribution in [2.24, 2.45) is 0 Å². The van der Waals surface area contributed by atoms with E-state index in [1.54, 1.807) is 28.9 Å². The zero-order chi connectivity index (χ0) is 15.0. The number of tetrazole rings is 1. The third-order valence-corrected chi connectivity index (χ3v) is 4.17. The number of halogens is 2. The van der Waals surface area contributed by atoms with Crippen LogP contribution in [0.2, 0.25) is 5.02 Å². The second kappa shape index (κ2) is 5.34. The number of rotatable bonds is 2. The first-order valence-corrected chi connectivity index (χ1v) is 7.12. The molecule has 0 saturated heterocycles. The summed E-state index contributed by atoms with van der Waals surface area (Å²) in [5.74, 6) is 0.519. The van der Waals surface area contributed by atoms with Gasteiger partial charge in [-0.3, -0.25) is 0 Å². The molecule has 0 saturated carbocycles. The molecular formula is C13H10BrClN6. The van der Waals surface area contributed by atoms with E-state index in [1.807, 2.05) is 12.1 Å². The molecule has 8 heteroatoms. The maximum absolute atomic E-state index is 6.11. The Kier molecular flexibility index (Phi) is 3.52. The molecule has 0 aliphatic carbocycles. The van der Waals surface area contributed by atoms with Gasteiger partial charge in [-0.25, -0.2) is 0 Å². The molecule has 0 fully saturated rings. The van der Waals surface area contributed by atoms with E-state index < -0.39 is 0 Å². The van der Waals surface area contributed by atoms with Gasteiger partial charge in [-0.1, -0.05) is 11.6 Å². The highest BCUT2D eigenvalue weighted by molar-refractivity contribution is 9.10. The quantitative estimate of drug-likeness (QED) is 0.681. The van der Waals surface area contributed by atoms with Crippen LogP contribution >= 0.6 is 27.5 Å². The van der Waals surface area contributed by atoms with Crippen molar-refractivity contribution in [2.75, 3.05) is 11.5 Å². The van der Waals surface area contributed by atoms with E-state index in [0.29, 0.717) is 27.8 Å².